The van der Waals surface area contributed by atoms with Crippen LogP contribution < -0.4 is 4.90 Å². The van der Waals surface area contributed by atoms with Gasteiger partial charge in [0.2, 0.25) is 5.91 Å². The van der Waals surface area contributed by atoms with Crippen LogP contribution in [0.25, 0.3) is 11.0 Å². The summed E-state index contributed by atoms with van der Waals surface area (Å²) in [5, 5.41) is 0. The van der Waals surface area contributed by atoms with Gasteiger partial charge in [0, 0.05) is 31.1 Å². The van der Waals surface area contributed by atoms with Gasteiger partial charge in [-0.3, -0.25) is 4.79 Å². The largest absolute Gasteiger partial charge is 0.323 e. The first-order valence-electron chi connectivity index (χ1n) is 10.9. The maximum atomic E-state index is 13.1. The molecule has 0 N–H and O–H groups in total. The highest BCUT2D eigenvalue weighted by Gasteiger charge is 2.35. The number of anilines is 1. The molecule has 0 bridgehead atoms. The predicted molar refractivity (Wildman–Crippen MR) is 126 cm³/mol. The number of hydrogen-bond donors (Lipinski definition) is 0. The minimum absolute atomic E-state index is 0.0735. The van der Waals surface area contributed by atoms with Gasteiger partial charge in [-0.2, -0.15) is 0 Å². The minimum atomic E-state index is 0.0735. The van der Waals surface area contributed by atoms with Gasteiger partial charge < -0.3 is 9.47 Å². The summed E-state index contributed by atoms with van der Waals surface area (Å²) < 4.78 is 2.30. The summed E-state index contributed by atoms with van der Waals surface area (Å²) >= 11 is 0. The molecule has 1 unspecified atom stereocenters. The van der Waals surface area contributed by atoms with Crippen LogP contribution in [0.15, 0.2) is 66.7 Å². The van der Waals surface area contributed by atoms with Crippen LogP contribution in [-0.4, -0.2) is 22.0 Å². The molecule has 4 nitrogen and oxygen atoms in total. The summed E-state index contributed by atoms with van der Waals surface area (Å²) in [6.45, 7) is 7.69. The Hall–Kier alpha value is -3.40. The molecule has 1 fully saturated rings. The molecule has 0 aliphatic carbocycles. The Kier molecular flexibility index (Phi) is 4.85. The molecule has 2 heterocycles. The van der Waals surface area contributed by atoms with Crippen LogP contribution in [0.3, 0.4) is 0 Å². The van der Waals surface area contributed by atoms with Crippen molar-refractivity contribution in [2.45, 2.75) is 39.7 Å². The third-order valence-electron chi connectivity index (χ3n) is 6.34. The highest BCUT2D eigenvalue weighted by molar-refractivity contribution is 5.98. The molecule has 31 heavy (non-hydrogen) atoms. The van der Waals surface area contributed by atoms with E-state index in [2.05, 4.69) is 79.9 Å². The number of aromatic nitrogens is 2. The number of rotatable bonds is 4. The van der Waals surface area contributed by atoms with Gasteiger partial charge in [0.25, 0.3) is 0 Å². The number of imidazole rings is 1. The lowest BCUT2D eigenvalue weighted by Gasteiger charge is -2.21. The molecule has 0 spiro atoms. The second-order valence-electron chi connectivity index (χ2n) is 8.68. The Morgan fingerprint density at radius 3 is 2.35 bits per heavy atom. The van der Waals surface area contributed by atoms with E-state index in [1.54, 1.807) is 0 Å². The summed E-state index contributed by atoms with van der Waals surface area (Å²) in [4.78, 5) is 20.0. The first kappa shape index (κ1) is 19.6. The Bertz CT molecular complexity index is 1250. The van der Waals surface area contributed by atoms with E-state index in [0.29, 0.717) is 13.0 Å². The molecule has 156 valence electrons. The lowest BCUT2D eigenvalue weighted by molar-refractivity contribution is -0.117. The number of para-hydroxylation sites is 3. The SMILES string of the molecule is Cc1ccc(Cn2c(C3CC(=O)N(c4c(C)cccc4C)C3)nc3ccccc32)cc1. The smallest absolute Gasteiger partial charge is 0.227 e. The molecule has 3 aromatic carbocycles. The number of amides is 1. The highest BCUT2D eigenvalue weighted by Crippen LogP contribution is 2.36. The number of carbonyl (C=O) groups excluding carboxylic acids is 1. The van der Waals surface area contributed by atoms with E-state index in [0.717, 1.165) is 40.2 Å². The van der Waals surface area contributed by atoms with Crippen LogP contribution >= 0.6 is 0 Å². The summed E-state index contributed by atoms with van der Waals surface area (Å²) in [6.07, 6.45) is 0.491. The van der Waals surface area contributed by atoms with Gasteiger partial charge in [-0.05, 0) is 49.6 Å². The zero-order chi connectivity index (χ0) is 21.5. The second kappa shape index (κ2) is 7.69. The number of nitrogens with zero attached hydrogens (tertiary/aromatic N) is 3. The maximum absolute atomic E-state index is 13.1. The van der Waals surface area contributed by atoms with Crippen molar-refractivity contribution in [1.29, 1.82) is 0 Å². The van der Waals surface area contributed by atoms with Crippen molar-refractivity contribution in [3.63, 3.8) is 0 Å². The summed E-state index contributed by atoms with van der Waals surface area (Å²) in [6, 6.07) is 23.1. The quantitative estimate of drug-likeness (QED) is 0.444. The number of carbonyl (C=O) groups is 1. The molecule has 0 saturated carbocycles. The van der Waals surface area contributed by atoms with E-state index < -0.39 is 0 Å². The third kappa shape index (κ3) is 3.52. The molecular weight excluding hydrogens is 382 g/mol. The zero-order valence-corrected chi connectivity index (χ0v) is 18.3. The average Bonchev–Trinajstić information content (AvgIpc) is 3.31. The van der Waals surface area contributed by atoms with Crippen molar-refractivity contribution in [3.8, 4) is 0 Å². The van der Waals surface area contributed by atoms with Gasteiger partial charge in [-0.15, -0.1) is 0 Å². The van der Waals surface area contributed by atoms with Crippen LogP contribution in [0.5, 0.6) is 0 Å². The fourth-order valence-corrected chi connectivity index (χ4v) is 4.78. The van der Waals surface area contributed by atoms with Gasteiger partial charge in [0.15, 0.2) is 0 Å². The molecule has 4 aromatic rings. The molecule has 1 saturated heterocycles. The monoisotopic (exact) mass is 409 g/mol. The van der Waals surface area contributed by atoms with Gasteiger partial charge >= 0.3 is 0 Å². The van der Waals surface area contributed by atoms with E-state index in [4.69, 9.17) is 4.98 Å². The highest BCUT2D eigenvalue weighted by atomic mass is 16.2. The summed E-state index contributed by atoms with van der Waals surface area (Å²) in [5.74, 6) is 1.25. The van der Waals surface area contributed by atoms with Crippen molar-refractivity contribution >= 4 is 22.6 Å². The van der Waals surface area contributed by atoms with Crippen LogP contribution in [0, 0.1) is 20.8 Å². The zero-order valence-electron chi connectivity index (χ0n) is 18.3. The van der Waals surface area contributed by atoms with Gasteiger partial charge in [-0.25, -0.2) is 4.98 Å². The Balaban J connectivity index is 1.54. The first-order valence-corrected chi connectivity index (χ1v) is 10.9. The summed E-state index contributed by atoms with van der Waals surface area (Å²) in [7, 11) is 0. The molecule has 0 radical (unpaired) electrons. The minimum Gasteiger partial charge on any atom is -0.323 e. The van der Waals surface area contributed by atoms with Crippen molar-refractivity contribution in [1.82, 2.24) is 9.55 Å². The van der Waals surface area contributed by atoms with Crippen molar-refractivity contribution in [2.24, 2.45) is 0 Å². The van der Waals surface area contributed by atoms with Gasteiger partial charge in [-0.1, -0.05) is 60.2 Å². The molecule has 1 amide bonds. The number of fused-ring (bicyclic) bond motifs is 1. The third-order valence-corrected chi connectivity index (χ3v) is 6.34. The molecular formula is C27H27N3O. The maximum Gasteiger partial charge on any atom is 0.227 e. The van der Waals surface area contributed by atoms with E-state index in [1.165, 1.54) is 11.1 Å². The van der Waals surface area contributed by atoms with Crippen molar-refractivity contribution in [3.05, 3.63) is 94.8 Å². The van der Waals surface area contributed by atoms with Crippen molar-refractivity contribution in [2.75, 3.05) is 11.4 Å². The van der Waals surface area contributed by atoms with Gasteiger partial charge in [0.05, 0.1) is 11.0 Å². The molecule has 1 aromatic heterocycles. The van der Waals surface area contributed by atoms with Crippen LogP contribution in [0.2, 0.25) is 0 Å². The van der Waals surface area contributed by atoms with Crippen molar-refractivity contribution < 1.29 is 4.79 Å². The Morgan fingerprint density at radius 1 is 0.903 bits per heavy atom. The standard InChI is InChI=1S/C27H27N3O/c1-18-11-13-21(14-12-18)16-29-24-10-5-4-9-23(24)28-27(29)22-15-25(31)30(17-22)26-19(2)7-6-8-20(26)3/h4-14,22H,15-17H2,1-3H3. The second-order valence-corrected chi connectivity index (χ2v) is 8.68. The Labute approximate surface area is 183 Å². The molecule has 1 atom stereocenters. The average molecular weight is 410 g/mol. The number of hydrogen-bond acceptors (Lipinski definition) is 2. The van der Waals surface area contributed by atoms with Crippen LogP contribution in [0.4, 0.5) is 5.69 Å². The van der Waals surface area contributed by atoms with E-state index >= 15 is 0 Å². The van der Waals surface area contributed by atoms with E-state index in [-0.39, 0.29) is 11.8 Å². The fourth-order valence-electron chi connectivity index (χ4n) is 4.78. The lowest BCUT2D eigenvalue weighted by Crippen LogP contribution is -2.26. The normalized spacial score (nSPS) is 16.4. The van der Waals surface area contributed by atoms with E-state index in [9.17, 15) is 4.79 Å². The first-order chi connectivity index (χ1) is 15.0. The molecule has 1 aliphatic rings. The van der Waals surface area contributed by atoms with Gasteiger partial charge in [0.1, 0.15) is 5.82 Å². The van der Waals surface area contributed by atoms with Crippen LogP contribution in [-0.2, 0) is 11.3 Å². The lowest BCUT2D eigenvalue weighted by atomic mass is 10.1. The predicted octanol–water partition coefficient (Wildman–Crippen LogP) is 5.53. The number of aryl methyl sites for hydroxylation is 3. The summed E-state index contributed by atoms with van der Waals surface area (Å²) in [5.41, 5.74) is 7.94. The Morgan fingerprint density at radius 2 is 1.61 bits per heavy atom. The van der Waals surface area contributed by atoms with Crippen LogP contribution in [0.1, 0.15) is 40.4 Å². The molecule has 5 rings (SSSR count). The molecule has 1 aliphatic heterocycles. The molecule has 4 heteroatoms. The number of benzene rings is 3. The topological polar surface area (TPSA) is 38.1 Å². The fraction of sp³-hybridized carbons (Fsp3) is 0.259. The van der Waals surface area contributed by atoms with E-state index in [1.807, 2.05) is 17.0 Å².